The SMILES string of the molecule is CC(C)=CCC/C(C)=C/COC(=O)Oc1cc(C(C)C)nn1-c1ccccc1. The van der Waals surface area contributed by atoms with Crippen LogP contribution in [0.25, 0.3) is 5.69 Å². The summed E-state index contributed by atoms with van der Waals surface area (Å²) >= 11 is 0. The summed E-state index contributed by atoms with van der Waals surface area (Å²) in [7, 11) is 0. The molecule has 0 bridgehead atoms. The van der Waals surface area contributed by atoms with Crippen LogP contribution in [-0.4, -0.2) is 22.5 Å². The van der Waals surface area contributed by atoms with Crippen molar-refractivity contribution >= 4 is 6.16 Å². The number of nitrogens with zero attached hydrogens (tertiary/aromatic N) is 2. The van der Waals surface area contributed by atoms with E-state index in [0.29, 0.717) is 5.88 Å². The van der Waals surface area contributed by atoms with Gasteiger partial charge in [-0.1, -0.05) is 49.3 Å². The Balaban J connectivity index is 1.99. The third-order valence-corrected chi connectivity index (χ3v) is 4.20. The highest BCUT2D eigenvalue weighted by Gasteiger charge is 2.16. The van der Waals surface area contributed by atoms with Gasteiger partial charge in [0.05, 0.1) is 11.4 Å². The van der Waals surface area contributed by atoms with Crippen molar-refractivity contribution in [3.63, 3.8) is 0 Å². The van der Waals surface area contributed by atoms with Gasteiger partial charge in [-0.2, -0.15) is 5.10 Å². The Kier molecular flexibility index (Phi) is 8.05. The minimum absolute atomic E-state index is 0.190. The van der Waals surface area contributed by atoms with Gasteiger partial charge in [-0.3, -0.25) is 0 Å². The summed E-state index contributed by atoms with van der Waals surface area (Å²) in [6.07, 6.45) is 5.31. The van der Waals surface area contributed by atoms with E-state index in [0.717, 1.165) is 24.2 Å². The lowest BCUT2D eigenvalue weighted by molar-refractivity contribution is 0.107. The van der Waals surface area contributed by atoms with E-state index in [1.54, 1.807) is 10.7 Å². The second kappa shape index (κ2) is 10.5. The van der Waals surface area contributed by atoms with E-state index >= 15 is 0 Å². The zero-order chi connectivity index (χ0) is 20.5. The van der Waals surface area contributed by atoms with Gasteiger partial charge in [0, 0.05) is 6.07 Å². The predicted molar refractivity (Wildman–Crippen MR) is 112 cm³/mol. The first-order valence-electron chi connectivity index (χ1n) is 9.65. The third-order valence-electron chi connectivity index (χ3n) is 4.20. The van der Waals surface area contributed by atoms with Gasteiger partial charge in [0.2, 0.25) is 5.88 Å². The second-order valence-electron chi connectivity index (χ2n) is 7.34. The van der Waals surface area contributed by atoms with Gasteiger partial charge in [0.1, 0.15) is 6.61 Å². The first-order valence-corrected chi connectivity index (χ1v) is 9.65. The number of allylic oxidation sites excluding steroid dienone is 3. The van der Waals surface area contributed by atoms with Crippen molar-refractivity contribution in [1.82, 2.24) is 9.78 Å². The van der Waals surface area contributed by atoms with Crippen LogP contribution in [0.1, 0.15) is 59.1 Å². The van der Waals surface area contributed by atoms with Gasteiger partial charge in [0.15, 0.2) is 0 Å². The second-order valence-corrected chi connectivity index (χ2v) is 7.34. The lowest BCUT2D eigenvalue weighted by atomic mass is 10.1. The third kappa shape index (κ3) is 6.72. The van der Waals surface area contributed by atoms with Crippen molar-refractivity contribution in [1.29, 1.82) is 0 Å². The average molecular weight is 383 g/mol. The molecule has 0 amide bonds. The molecule has 0 atom stereocenters. The highest BCUT2D eigenvalue weighted by atomic mass is 16.7. The van der Waals surface area contributed by atoms with Crippen LogP contribution in [0.5, 0.6) is 5.88 Å². The summed E-state index contributed by atoms with van der Waals surface area (Å²) in [4.78, 5) is 12.1. The number of hydrogen-bond donors (Lipinski definition) is 0. The summed E-state index contributed by atoms with van der Waals surface area (Å²) < 4.78 is 12.3. The number of carbonyl (C=O) groups excluding carboxylic acids is 1. The molecular formula is C23H30N2O3. The van der Waals surface area contributed by atoms with E-state index in [1.807, 2.05) is 57.2 Å². The van der Waals surface area contributed by atoms with Gasteiger partial charge < -0.3 is 9.47 Å². The lowest BCUT2D eigenvalue weighted by Crippen LogP contribution is -2.13. The molecule has 0 spiro atoms. The van der Waals surface area contributed by atoms with Crippen molar-refractivity contribution in [3.8, 4) is 11.6 Å². The fraction of sp³-hybridized carbons (Fsp3) is 0.391. The summed E-state index contributed by atoms with van der Waals surface area (Å²) in [6, 6.07) is 11.4. The number of ether oxygens (including phenoxy) is 2. The molecule has 1 aromatic heterocycles. The maximum Gasteiger partial charge on any atom is 0.515 e. The van der Waals surface area contributed by atoms with Crippen molar-refractivity contribution in [2.75, 3.05) is 6.61 Å². The number of hydrogen-bond acceptors (Lipinski definition) is 4. The Morgan fingerprint density at radius 2 is 1.86 bits per heavy atom. The van der Waals surface area contributed by atoms with Crippen LogP contribution in [0.3, 0.4) is 0 Å². The van der Waals surface area contributed by atoms with E-state index in [9.17, 15) is 4.79 Å². The minimum Gasteiger partial charge on any atom is -0.430 e. The van der Waals surface area contributed by atoms with Gasteiger partial charge in [-0.25, -0.2) is 9.48 Å². The Morgan fingerprint density at radius 3 is 2.50 bits per heavy atom. The molecule has 0 unspecified atom stereocenters. The van der Waals surface area contributed by atoms with Crippen molar-refractivity contribution in [3.05, 3.63) is 65.4 Å². The van der Waals surface area contributed by atoms with Gasteiger partial charge >= 0.3 is 6.16 Å². The van der Waals surface area contributed by atoms with Crippen molar-refractivity contribution < 1.29 is 14.3 Å². The molecule has 0 radical (unpaired) electrons. The molecule has 0 saturated carbocycles. The van der Waals surface area contributed by atoms with Gasteiger partial charge in [-0.15, -0.1) is 0 Å². The molecule has 0 fully saturated rings. The molecule has 28 heavy (non-hydrogen) atoms. The van der Waals surface area contributed by atoms with Gasteiger partial charge in [0.25, 0.3) is 0 Å². The summed E-state index contributed by atoms with van der Waals surface area (Å²) in [5.41, 5.74) is 4.17. The summed E-state index contributed by atoms with van der Waals surface area (Å²) in [5.74, 6) is 0.568. The van der Waals surface area contributed by atoms with Crippen molar-refractivity contribution in [2.24, 2.45) is 0 Å². The lowest BCUT2D eigenvalue weighted by Gasteiger charge is -2.07. The molecule has 150 valence electrons. The smallest absolute Gasteiger partial charge is 0.430 e. The number of aromatic nitrogens is 2. The van der Waals surface area contributed by atoms with Crippen LogP contribution in [-0.2, 0) is 4.74 Å². The Hall–Kier alpha value is -2.82. The Labute approximate surface area is 167 Å². The maximum absolute atomic E-state index is 12.1. The van der Waals surface area contributed by atoms with Crippen LogP contribution in [0.15, 0.2) is 59.7 Å². The fourth-order valence-corrected chi connectivity index (χ4v) is 2.55. The topological polar surface area (TPSA) is 53.4 Å². The zero-order valence-electron chi connectivity index (χ0n) is 17.4. The standard InChI is InChI=1S/C23H30N2O3/c1-17(2)10-9-11-19(5)14-15-27-23(26)28-22-16-21(18(3)4)24-25(22)20-12-7-6-8-13-20/h6-8,10,12-14,16,18H,9,11,15H2,1-5H3/b19-14+. The summed E-state index contributed by atoms with van der Waals surface area (Å²) in [6.45, 7) is 10.5. The van der Waals surface area contributed by atoms with Crippen LogP contribution in [0.4, 0.5) is 4.79 Å². The molecule has 1 heterocycles. The van der Waals surface area contributed by atoms with Crippen LogP contribution in [0, 0.1) is 0 Å². The predicted octanol–water partition coefficient (Wildman–Crippen LogP) is 6.20. The molecule has 5 nitrogen and oxygen atoms in total. The van der Waals surface area contributed by atoms with Crippen LogP contribution < -0.4 is 4.74 Å². The number of carbonyl (C=O) groups is 1. The van der Waals surface area contributed by atoms with Crippen LogP contribution >= 0.6 is 0 Å². The minimum atomic E-state index is -0.735. The molecule has 0 aliphatic carbocycles. The van der Waals surface area contributed by atoms with E-state index in [-0.39, 0.29) is 12.5 Å². The molecule has 0 aliphatic rings. The Bertz CT molecular complexity index is 829. The quantitative estimate of drug-likeness (QED) is 0.403. The molecule has 2 aromatic rings. The maximum atomic E-state index is 12.1. The first-order chi connectivity index (χ1) is 13.4. The number of rotatable bonds is 8. The molecule has 0 N–H and O–H groups in total. The van der Waals surface area contributed by atoms with E-state index in [4.69, 9.17) is 9.47 Å². The largest absolute Gasteiger partial charge is 0.515 e. The normalized spacial score (nSPS) is 11.4. The van der Waals surface area contributed by atoms with E-state index < -0.39 is 6.16 Å². The zero-order valence-corrected chi connectivity index (χ0v) is 17.4. The molecule has 0 saturated heterocycles. The molecule has 0 aliphatic heterocycles. The van der Waals surface area contributed by atoms with Crippen molar-refractivity contribution in [2.45, 2.75) is 53.4 Å². The highest BCUT2D eigenvalue weighted by molar-refractivity contribution is 5.63. The van der Waals surface area contributed by atoms with E-state index in [2.05, 4.69) is 25.0 Å². The molecular weight excluding hydrogens is 352 g/mol. The molecule has 1 aromatic carbocycles. The van der Waals surface area contributed by atoms with Crippen LogP contribution in [0.2, 0.25) is 0 Å². The Morgan fingerprint density at radius 1 is 1.14 bits per heavy atom. The monoisotopic (exact) mass is 382 g/mol. The van der Waals surface area contributed by atoms with Gasteiger partial charge in [-0.05, 0) is 57.7 Å². The first kappa shape index (κ1) is 21.5. The summed E-state index contributed by atoms with van der Waals surface area (Å²) in [5, 5.41) is 4.56. The molecule has 2 rings (SSSR count). The number of benzene rings is 1. The van der Waals surface area contributed by atoms with E-state index in [1.165, 1.54) is 11.1 Å². The fourth-order valence-electron chi connectivity index (χ4n) is 2.55. The number of para-hydroxylation sites is 1. The average Bonchev–Trinajstić information content (AvgIpc) is 3.06. The molecule has 5 heteroatoms. The highest BCUT2D eigenvalue weighted by Crippen LogP contribution is 2.24.